The zero-order chi connectivity index (χ0) is 13.5. The minimum absolute atomic E-state index is 0.0932. The van der Waals surface area contributed by atoms with Crippen molar-refractivity contribution in [3.05, 3.63) is 0 Å². The lowest BCUT2D eigenvalue weighted by Crippen LogP contribution is -2.08. The molecular formula is C15H32O3. The van der Waals surface area contributed by atoms with Gasteiger partial charge in [0.2, 0.25) is 0 Å². The van der Waals surface area contributed by atoms with Gasteiger partial charge in [0.05, 0.1) is 26.4 Å². The molecule has 0 aromatic heterocycles. The van der Waals surface area contributed by atoms with Crippen molar-refractivity contribution in [1.29, 1.82) is 0 Å². The zero-order valence-corrected chi connectivity index (χ0v) is 12.3. The summed E-state index contributed by atoms with van der Waals surface area (Å²) in [6.07, 6.45) is 9.18. The van der Waals surface area contributed by atoms with Crippen molar-refractivity contribution in [3.63, 3.8) is 0 Å². The summed E-state index contributed by atoms with van der Waals surface area (Å²) in [5, 5.41) is 8.52. The number of ether oxygens (including phenoxy) is 2. The molecule has 3 nitrogen and oxygen atoms in total. The van der Waals surface area contributed by atoms with Gasteiger partial charge in [0, 0.05) is 6.61 Å². The molecule has 0 amide bonds. The van der Waals surface area contributed by atoms with Crippen LogP contribution in [0.2, 0.25) is 0 Å². The molecule has 0 saturated heterocycles. The zero-order valence-electron chi connectivity index (χ0n) is 12.3. The van der Waals surface area contributed by atoms with Crippen LogP contribution in [0.5, 0.6) is 0 Å². The Labute approximate surface area is 113 Å². The van der Waals surface area contributed by atoms with Gasteiger partial charge in [0.1, 0.15) is 0 Å². The summed E-state index contributed by atoms with van der Waals surface area (Å²) in [6.45, 7) is 7.14. The Morgan fingerprint density at radius 2 is 1.50 bits per heavy atom. The molecule has 0 bridgehead atoms. The average Bonchev–Trinajstić information content (AvgIpc) is 2.40. The molecule has 18 heavy (non-hydrogen) atoms. The number of aliphatic hydroxyl groups excluding tert-OH is 1. The van der Waals surface area contributed by atoms with Crippen LogP contribution in [0.25, 0.3) is 0 Å². The molecule has 0 aliphatic heterocycles. The number of rotatable bonds is 14. The highest BCUT2D eigenvalue weighted by atomic mass is 16.5. The second-order valence-electron chi connectivity index (χ2n) is 4.86. The Bertz CT molecular complexity index is 151. The maximum absolute atomic E-state index is 8.52. The molecule has 1 atom stereocenters. The minimum Gasteiger partial charge on any atom is -0.394 e. The van der Waals surface area contributed by atoms with Gasteiger partial charge in [-0.2, -0.15) is 0 Å². The molecule has 0 rings (SSSR count). The van der Waals surface area contributed by atoms with Crippen molar-refractivity contribution in [1.82, 2.24) is 0 Å². The molecule has 0 fully saturated rings. The number of hydrogen-bond acceptors (Lipinski definition) is 3. The van der Waals surface area contributed by atoms with Crippen LogP contribution in [0, 0.1) is 5.92 Å². The highest BCUT2D eigenvalue weighted by Crippen LogP contribution is 2.18. The fourth-order valence-corrected chi connectivity index (χ4v) is 2.10. The number of hydrogen-bond donors (Lipinski definition) is 1. The molecule has 110 valence electrons. The van der Waals surface area contributed by atoms with Crippen molar-refractivity contribution < 1.29 is 14.6 Å². The normalized spacial score (nSPS) is 12.8. The first kappa shape index (κ1) is 17.9. The SMILES string of the molecule is CCCCCC(CC)CCCOCCOCCO. The Balaban J connectivity index is 3.23. The van der Waals surface area contributed by atoms with Gasteiger partial charge in [-0.05, 0) is 18.8 Å². The van der Waals surface area contributed by atoms with Crippen LogP contribution < -0.4 is 0 Å². The van der Waals surface area contributed by atoms with E-state index in [1.807, 2.05) is 0 Å². The van der Waals surface area contributed by atoms with Crippen LogP contribution in [-0.4, -0.2) is 38.1 Å². The quantitative estimate of drug-likeness (QED) is 0.486. The number of aliphatic hydroxyl groups is 1. The second kappa shape index (κ2) is 14.9. The van der Waals surface area contributed by atoms with E-state index in [0.29, 0.717) is 19.8 Å². The summed E-state index contributed by atoms with van der Waals surface area (Å²) >= 11 is 0. The van der Waals surface area contributed by atoms with E-state index in [0.717, 1.165) is 18.9 Å². The van der Waals surface area contributed by atoms with Crippen LogP contribution in [0.15, 0.2) is 0 Å². The molecule has 0 saturated carbocycles. The molecule has 0 radical (unpaired) electrons. The molecular weight excluding hydrogens is 228 g/mol. The van der Waals surface area contributed by atoms with Gasteiger partial charge in [-0.3, -0.25) is 0 Å². The fourth-order valence-electron chi connectivity index (χ4n) is 2.10. The van der Waals surface area contributed by atoms with Crippen molar-refractivity contribution in [2.24, 2.45) is 5.92 Å². The molecule has 0 heterocycles. The lowest BCUT2D eigenvalue weighted by Gasteiger charge is -2.14. The van der Waals surface area contributed by atoms with Crippen molar-refractivity contribution in [2.45, 2.75) is 58.8 Å². The van der Waals surface area contributed by atoms with Crippen molar-refractivity contribution in [2.75, 3.05) is 33.0 Å². The van der Waals surface area contributed by atoms with Gasteiger partial charge in [0.25, 0.3) is 0 Å². The smallest absolute Gasteiger partial charge is 0.0701 e. The Morgan fingerprint density at radius 1 is 0.833 bits per heavy atom. The van der Waals surface area contributed by atoms with Gasteiger partial charge in [-0.1, -0.05) is 46.0 Å². The van der Waals surface area contributed by atoms with E-state index in [9.17, 15) is 0 Å². The Morgan fingerprint density at radius 3 is 2.11 bits per heavy atom. The highest BCUT2D eigenvalue weighted by molar-refractivity contribution is 4.57. The predicted molar refractivity (Wildman–Crippen MR) is 75.9 cm³/mol. The monoisotopic (exact) mass is 260 g/mol. The summed E-state index contributed by atoms with van der Waals surface area (Å²) < 4.78 is 10.6. The largest absolute Gasteiger partial charge is 0.394 e. The summed E-state index contributed by atoms with van der Waals surface area (Å²) in [6, 6.07) is 0. The van der Waals surface area contributed by atoms with Gasteiger partial charge in [0.15, 0.2) is 0 Å². The van der Waals surface area contributed by atoms with E-state index < -0.39 is 0 Å². The van der Waals surface area contributed by atoms with E-state index in [1.165, 1.54) is 38.5 Å². The lowest BCUT2D eigenvalue weighted by molar-refractivity contribution is 0.0313. The number of unbranched alkanes of at least 4 members (excludes halogenated alkanes) is 2. The summed E-state index contributed by atoms with van der Waals surface area (Å²) in [5.74, 6) is 0.880. The fraction of sp³-hybridized carbons (Fsp3) is 1.00. The van der Waals surface area contributed by atoms with Crippen molar-refractivity contribution in [3.8, 4) is 0 Å². The molecule has 0 aromatic carbocycles. The summed E-state index contributed by atoms with van der Waals surface area (Å²) in [4.78, 5) is 0. The van der Waals surface area contributed by atoms with E-state index in [1.54, 1.807) is 0 Å². The molecule has 0 aromatic rings. The standard InChI is InChI=1S/C15H32O3/c1-3-5-6-8-15(4-2)9-7-11-17-13-14-18-12-10-16/h15-16H,3-14H2,1-2H3. The topological polar surface area (TPSA) is 38.7 Å². The van der Waals surface area contributed by atoms with Gasteiger partial charge in [-0.15, -0.1) is 0 Å². The van der Waals surface area contributed by atoms with E-state index in [-0.39, 0.29) is 6.61 Å². The lowest BCUT2D eigenvalue weighted by atomic mass is 9.94. The third-order valence-electron chi connectivity index (χ3n) is 3.30. The first-order valence-corrected chi connectivity index (χ1v) is 7.61. The Kier molecular flexibility index (Phi) is 14.8. The van der Waals surface area contributed by atoms with Crippen LogP contribution in [0.3, 0.4) is 0 Å². The molecule has 0 aliphatic carbocycles. The third kappa shape index (κ3) is 12.3. The molecule has 1 N–H and O–H groups in total. The maximum atomic E-state index is 8.52. The van der Waals surface area contributed by atoms with Crippen molar-refractivity contribution >= 4 is 0 Å². The molecule has 1 unspecified atom stereocenters. The van der Waals surface area contributed by atoms with Gasteiger partial charge in [-0.25, -0.2) is 0 Å². The average molecular weight is 260 g/mol. The van der Waals surface area contributed by atoms with Crippen LogP contribution in [0.1, 0.15) is 58.8 Å². The first-order valence-electron chi connectivity index (χ1n) is 7.61. The van der Waals surface area contributed by atoms with Crippen LogP contribution >= 0.6 is 0 Å². The van der Waals surface area contributed by atoms with Crippen LogP contribution in [0.4, 0.5) is 0 Å². The maximum Gasteiger partial charge on any atom is 0.0701 e. The molecule has 0 aliphatic rings. The molecule has 3 heteroatoms. The molecule has 0 spiro atoms. The van der Waals surface area contributed by atoms with Gasteiger partial charge >= 0.3 is 0 Å². The summed E-state index contributed by atoms with van der Waals surface area (Å²) in [5.41, 5.74) is 0. The minimum atomic E-state index is 0.0932. The summed E-state index contributed by atoms with van der Waals surface area (Å²) in [7, 11) is 0. The third-order valence-corrected chi connectivity index (χ3v) is 3.30. The predicted octanol–water partition coefficient (Wildman–Crippen LogP) is 3.40. The Hall–Kier alpha value is -0.120. The van der Waals surface area contributed by atoms with Crippen LogP contribution in [-0.2, 0) is 9.47 Å². The van der Waals surface area contributed by atoms with E-state index in [2.05, 4.69) is 13.8 Å². The van der Waals surface area contributed by atoms with Gasteiger partial charge < -0.3 is 14.6 Å². The second-order valence-corrected chi connectivity index (χ2v) is 4.86. The van der Waals surface area contributed by atoms with E-state index in [4.69, 9.17) is 14.6 Å². The first-order chi connectivity index (χ1) is 8.85. The van der Waals surface area contributed by atoms with E-state index >= 15 is 0 Å². The highest BCUT2D eigenvalue weighted by Gasteiger charge is 2.05.